The van der Waals surface area contributed by atoms with Gasteiger partial charge in [-0.1, -0.05) is 121 Å². The Labute approximate surface area is 215 Å². The van der Waals surface area contributed by atoms with Gasteiger partial charge in [0.15, 0.2) is 5.82 Å². The summed E-state index contributed by atoms with van der Waals surface area (Å²) in [7, 11) is 0. The first kappa shape index (κ1) is 22.3. The van der Waals surface area contributed by atoms with Gasteiger partial charge in [0.1, 0.15) is 0 Å². The minimum Gasteiger partial charge on any atom is -0.228 e. The molecular weight excluding hydrogens is 456 g/mol. The summed E-state index contributed by atoms with van der Waals surface area (Å²) in [5, 5.41) is 3.44. The molecule has 5 aromatic carbocycles. The fourth-order valence-electron chi connectivity index (χ4n) is 4.51. The SMILES string of the molecule is C=C(Sc1ccccc1C)c1ccc(-c2nc(-c3cccc4ccccc34)c3ccccc3n2)cc1. The molecule has 0 fully saturated rings. The Hall–Kier alpha value is -4.21. The second-order valence-electron chi connectivity index (χ2n) is 8.81. The van der Waals surface area contributed by atoms with Crippen LogP contribution in [0.3, 0.4) is 0 Å². The van der Waals surface area contributed by atoms with E-state index < -0.39 is 0 Å². The Bertz CT molecular complexity index is 1730. The largest absolute Gasteiger partial charge is 0.228 e. The standard InChI is InChI=1S/C33H24N2S/c1-22-10-3-8-17-31(22)36-23(2)24-18-20-26(21-19-24)33-34-30-16-7-6-14-29(30)32(35-33)28-15-9-12-25-11-4-5-13-27(25)28/h3-21H,2H2,1H3. The molecule has 1 heterocycles. The Morgan fingerprint density at radius 3 is 2.19 bits per heavy atom. The van der Waals surface area contributed by atoms with Gasteiger partial charge in [0.25, 0.3) is 0 Å². The highest BCUT2D eigenvalue weighted by Gasteiger charge is 2.14. The van der Waals surface area contributed by atoms with Gasteiger partial charge in [-0.3, -0.25) is 0 Å². The van der Waals surface area contributed by atoms with Crippen LogP contribution in [0.1, 0.15) is 11.1 Å². The number of nitrogens with zero attached hydrogens (tertiary/aromatic N) is 2. The van der Waals surface area contributed by atoms with E-state index in [0.717, 1.165) is 44.0 Å². The molecule has 0 atom stereocenters. The summed E-state index contributed by atoms with van der Waals surface area (Å²) in [4.78, 5) is 12.3. The molecule has 0 N–H and O–H groups in total. The molecule has 1 aromatic heterocycles. The number of aromatic nitrogens is 2. The maximum Gasteiger partial charge on any atom is 0.160 e. The number of rotatable bonds is 5. The molecule has 36 heavy (non-hydrogen) atoms. The van der Waals surface area contributed by atoms with Crippen LogP contribution in [0.25, 0.3) is 49.2 Å². The third-order valence-electron chi connectivity index (χ3n) is 6.44. The van der Waals surface area contributed by atoms with Crippen molar-refractivity contribution in [2.24, 2.45) is 0 Å². The Balaban J connectivity index is 1.41. The van der Waals surface area contributed by atoms with E-state index in [0.29, 0.717) is 0 Å². The first-order chi connectivity index (χ1) is 17.7. The first-order valence-corrected chi connectivity index (χ1v) is 12.8. The summed E-state index contributed by atoms with van der Waals surface area (Å²) in [6, 6.07) is 39.9. The molecular formula is C33H24N2S. The highest BCUT2D eigenvalue weighted by Crippen LogP contribution is 2.36. The molecule has 0 unspecified atom stereocenters. The van der Waals surface area contributed by atoms with E-state index in [1.807, 2.05) is 12.1 Å². The molecule has 0 amide bonds. The molecule has 0 aliphatic rings. The predicted octanol–water partition coefficient (Wildman–Crippen LogP) is 9.19. The Kier molecular flexibility index (Phi) is 5.84. The Morgan fingerprint density at radius 2 is 1.36 bits per heavy atom. The van der Waals surface area contributed by atoms with E-state index in [1.165, 1.54) is 21.2 Å². The molecule has 0 saturated heterocycles. The normalized spacial score (nSPS) is 11.1. The molecule has 0 saturated carbocycles. The number of aryl methyl sites for hydroxylation is 1. The van der Waals surface area contributed by atoms with Gasteiger partial charge in [-0.05, 0) is 41.0 Å². The van der Waals surface area contributed by atoms with Crippen LogP contribution in [-0.4, -0.2) is 9.97 Å². The average molecular weight is 481 g/mol. The minimum atomic E-state index is 0.723. The maximum atomic E-state index is 5.11. The second kappa shape index (κ2) is 9.44. The summed E-state index contributed by atoms with van der Waals surface area (Å²) in [6.45, 7) is 6.45. The lowest BCUT2D eigenvalue weighted by Gasteiger charge is -2.12. The number of hydrogen-bond donors (Lipinski definition) is 0. The van der Waals surface area contributed by atoms with Crippen molar-refractivity contribution in [1.82, 2.24) is 9.97 Å². The molecule has 0 radical (unpaired) electrons. The molecule has 172 valence electrons. The lowest BCUT2D eigenvalue weighted by molar-refractivity contribution is 1.23. The predicted molar refractivity (Wildman–Crippen MR) is 154 cm³/mol. The molecule has 2 nitrogen and oxygen atoms in total. The lowest BCUT2D eigenvalue weighted by atomic mass is 9.99. The molecule has 0 bridgehead atoms. The average Bonchev–Trinajstić information content (AvgIpc) is 2.93. The van der Waals surface area contributed by atoms with Crippen LogP contribution in [0.15, 0.2) is 127 Å². The van der Waals surface area contributed by atoms with Crippen LogP contribution in [0.5, 0.6) is 0 Å². The molecule has 6 aromatic rings. The lowest BCUT2D eigenvalue weighted by Crippen LogP contribution is -1.96. The molecule has 3 heteroatoms. The van der Waals surface area contributed by atoms with Crippen LogP contribution in [0.2, 0.25) is 0 Å². The third kappa shape index (κ3) is 4.19. The molecule has 6 rings (SSSR count). The smallest absolute Gasteiger partial charge is 0.160 e. The van der Waals surface area contributed by atoms with Crippen molar-refractivity contribution in [3.63, 3.8) is 0 Å². The van der Waals surface area contributed by atoms with Gasteiger partial charge in [-0.2, -0.15) is 0 Å². The highest BCUT2D eigenvalue weighted by molar-refractivity contribution is 8.08. The number of hydrogen-bond acceptors (Lipinski definition) is 3. The fraction of sp³-hybridized carbons (Fsp3) is 0.0303. The van der Waals surface area contributed by atoms with E-state index in [4.69, 9.17) is 9.97 Å². The monoisotopic (exact) mass is 480 g/mol. The van der Waals surface area contributed by atoms with Crippen LogP contribution in [0, 0.1) is 6.92 Å². The number of para-hydroxylation sites is 1. The number of fused-ring (bicyclic) bond motifs is 2. The van der Waals surface area contributed by atoms with Crippen molar-refractivity contribution >= 4 is 38.3 Å². The zero-order chi connectivity index (χ0) is 24.5. The van der Waals surface area contributed by atoms with Crippen LogP contribution in [0.4, 0.5) is 0 Å². The van der Waals surface area contributed by atoms with Crippen LogP contribution in [-0.2, 0) is 0 Å². The summed E-state index contributed by atoms with van der Waals surface area (Å²) < 4.78 is 0. The third-order valence-corrected chi connectivity index (χ3v) is 7.60. The topological polar surface area (TPSA) is 25.8 Å². The fourth-order valence-corrected chi connectivity index (χ4v) is 5.41. The van der Waals surface area contributed by atoms with Gasteiger partial charge in [-0.25, -0.2) is 9.97 Å². The zero-order valence-corrected chi connectivity index (χ0v) is 20.8. The van der Waals surface area contributed by atoms with E-state index in [2.05, 4.69) is 117 Å². The van der Waals surface area contributed by atoms with Gasteiger partial charge in [-0.15, -0.1) is 0 Å². The van der Waals surface area contributed by atoms with Gasteiger partial charge < -0.3 is 0 Å². The summed E-state index contributed by atoms with van der Waals surface area (Å²) >= 11 is 1.70. The van der Waals surface area contributed by atoms with Gasteiger partial charge in [0.05, 0.1) is 11.2 Å². The van der Waals surface area contributed by atoms with Crippen molar-refractivity contribution in [2.75, 3.05) is 0 Å². The van der Waals surface area contributed by atoms with E-state index >= 15 is 0 Å². The minimum absolute atomic E-state index is 0.723. The van der Waals surface area contributed by atoms with E-state index in [-0.39, 0.29) is 0 Å². The highest BCUT2D eigenvalue weighted by atomic mass is 32.2. The quantitative estimate of drug-likeness (QED) is 0.230. The molecule has 0 aliphatic heterocycles. The second-order valence-corrected chi connectivity index (χ2v) is 9.94. The van der Waals surface area contributed by atoms with E-state index in [9.17, 15) is 0 Å². The number of benzene rings is 5. The van der Waals surface area contributed by atoms with Crippen molar-refractivity contribution in [3.05, 3.63) is 133 Å². The van der Waals surface area contributed by atoms with Crippen molar-refractivity contribution in [1.29, 1.82) is 0 Å². The summed E-state index contributed by atoms with van der Waals surface area (Å²) in [6.07, 6.45) is 0. The zero-order valence-electron chi connectivity index (χ0n) is 20.0. The van der Waals surface area contributed by atoms with Gasteiger partial charge in [0.2, 0.25) is 0 Å². The van der Waals surface area contributed by atoms with Crippen molar-refractivity contribution in [3.8, 4) is 22.6 Å². The molecule has 0 aliphatic carbocycles. The van der Waals surface area contributed by atoms with Gasteiger partial charge >= 0.3 is 0 Å². The number of thioether (sulfide) groups is 1. The summed E-state index contributed by atoms with van der Waals surface area (Å²) in [5.74, 6) is 0.723. The van der Waals surface area contributed by atoms with Crippen molar-refractivity contribution in [2.45, 2.75) is 11.8 Å². The Morgan fingerprint density at radius 1 is 0.667 bits per heavy atom. The first-order valence-electron chi connectivity index (χ1n) is 12.0. The summed E-state index contributed by atoms with van der Waals surface area (Å²) in [5.41, 5.74) is 6.35. The van der Waals surface area contributed by atoms with Gasteiger partial charge in [0, 0.05) is 26.3 Å². The molecule has 0 spiro atoms. The van der Waals surface area contributed by atoms with E-state index in [1.54, 1.807) is 11.8 Å². The van der Waals surface area contributed by atoms with Crippen LogP contribution < -0.4 is 0 Å². The van der Waals surface area contributed by atoms with Crippen LogP contribution >= 0.6 is 11.8 Å². The van der Waals surface area contributed by atoms with Crippen molar-refractivity contribution < 1.29 is 0 Å². The maximum absolute atomic E-state index is 5.11.